The van der Waals surface area contributed by atoms with E-state index in [-0.39, 0.29) is 10.6 Å². The van der Waals surface area contributed by atoms with Gasteiger partial charge in [0.15, 0.2) is 0 Å². The first-order valence-electron chi connectivity index (χ1n) is 3.60. The summed E-state index contributed by atoms with van der Waals surface area (Å²) in [6.07, 6.45) is 3.01. The average molecular weight is 234 g/mol. The first kappa shape index (κ1) is 9.22. The van der Waals surface area contributed by atoms with E-state index in [1.807, 2.05) is 0 Å². The summed E-state index contributed by atoms with van der Waals surface area (Å²) in [5.41, 5.74) is 2.90. The maximum absolute atomic E-state index is 5.71. The minimum absolute atomic E-state index is 0.112. The summed E-state index contributed by atoms with van der Waals surface area (Å²) in [7, 11) is 0. The lowest BCUT2D eigenvalue weighted by Gasteiger charge is -2.05. The Morgan fingerprint density at radius 3 is 2.57 bits per heavy atom. The molecule has 0 unspecified atom stereocenters. The van der Waals surface area contributed by atoms with E-state index in [9.17, 15) is 0 Å². The van der Waals surface area contributed by atoms with Gasteiger partial charge >= 0.3 is 0 Å². The van der Waals surface area contributed by atoms with Crippen molar-refractivity contribution < 1.29 is 0 Å². The fraction of sp³-hybridized carbons (Fsp3) is 0.200. The minimum atomic E-state index is 0.112. The molecule has 0 aliphatic rings. The molecule has 0 aromatic carbocycles. The molecule has 0 fully saturated rings. The summed E-state index contributed by atoms with van der Waals surface area (Å²) < 4.78 is 2.97. The number of aromatic nitrogens is 6. The van der Waals surface area contributed by atoms with Crippen molar-refractivity contribution in [2.45, 2.75) is 6.67 Å². The molecule has 2 heterocycles. The fourth-order valence-corrected chi connectivity index (χ4v) is 1.22. The molecule has 0 amide bonds. The number of hydrogen-bond acceptors (Lipinski definition) is 5. The van der Waals surface area contributed by atoms with E-state index in [2.05, 4.69) is 25.7 Å². The highest BCUT2D eigenvalue weighted by atomic mass is 35.5. The highest BCUT2D eigenvalue weighted by Crippen LogP contribution is 2.08. The molecular formula is C5H5Cl2N7. The predicted octanol–water partition coefficient (Wildman–Crippen LogP) is 0.378. The standard InChI is InChI=1S/C5H5Cl2N7/c6-4-11-5(7)14(12-4)3-10-13-1-8-9-2-13/h1-2,10H,3H2. The number of halogens is 2. The van der Waals surface area contributed by atoms with Gasteiger partial charge in [0.1, 0.15) is 19.3 Å². The molecule has 0 aliphatic heterocycles. The number of nitrogens with zero attached hydrogens (tertiary/aromatic N) is 6. The Hall–Kier alpha value is -1.34. The zero-order valence-electron chi connectivity index (χ0n) is 6.80. The van der Waals surface area contributed by atoms with Crippen LogP contribution in [0.2, 0.25) is 10.6 Å². The maximum atomic E-state index is 5.71. The normalized spacial score (nSPS) is 10.4. The number of hydrogen-bond donors (Lipinski definition) is 1. The van der Waals surface area contributed by atoms with Gasteiger partial charge in [0.2, 0.25) is 10.6 Å². The lowest BCUT2D eigenvalue weighted by Crippen LogP contribution is -2.18. The van der Waals surface area contributed by atoms with E-state index >= 15 is 0 Å². The predicted molar refractivity (Wildman–Crippen MR) is 49.4 cm³/mol. The smallest absolute Gasteiger partial charge is 0.243 e. The molecule has 9 heteroatoms. The molecule has 14 heavy (non-hydrogen) atoms. The molecule has 0 radical (unpaired) electrons. The molecule has 0 aliphatic carbocycles. The van der Waals surface area contributed by atoms with Gasteiger partial charge in [0, 0.05) is 0 Å². The van der Waals surface area contributed by atoms with Crippen LogP contribution in [-0.2, 0) is 6.67 Å². The van der Waals surface area contributed by atoms with Gasteiger partial charge < -0.3 is 5.43 Å². The molecule has 0 spiro atoms. The summed E-state index contributed by atoms with van der Waals surface area (Å²) in [5, 5.41) is 11.4. The SMILES string of the molecule is Clc1nc(Cl)n(CNn2cnnc2)n1. The van der Waals surface area contributed by atoms with Crippen molar-refractivity contribution in [3.63, 3.8) is 0 Å². The quantitative estimate of drug-likeness (QED) is 0.830. The monoisotopic (exact) mass is 233 g/mol. The maximum Gasteiger partial charge on any atom is 0.243 e. The van der Waals surface area contributed by atoms with E-state index in [1.54, 1.807) is 4.68 Å². The molecule has 7 nitrogen and oxygen atoms in total. The number of rotatable bonds is 3. The minimum Gasteiger partial charge on any atom is -0.302 e. The van der Waals surface area contributed by atoms with Crippen LogP contribution in [0.15, 0.2) is 12.7 Å². The molecule has 74 valence electrons. The van der Waals surface area contributed by atoms with Crippen molar-refractivity contribution in [3.8, 4) is 0 Å². The third-order valence-electron chi connectivity index (χ3n) is 1.42. The lowest BCUT2D eigenvalue weighted by molar-refractivity contribution is 0.612. The van der Waals surface area contributed by atoms with Crippen LogP contribution in [0, 0.1) is 0 Å². The Labute approximate surface area is 88.6 Å². The Bertz CT molecular complexity index is 408. The third-order valence-corrected chi connectivity index (χ3v) is 1.86. The van der Waals surface area contributed by atoms with Crippen LogP contribution in [0.1, 0.15) is 0 Å². The second-order valence-electron chi connectivity index (χ2n) is 2.33. The Balaban J connectivity index is 2.01. The zero-order chi connectivity index (χ0) is 9.97. The van der Waals surface area contributed by atoms with Crippen LogP contribution in [0.3, 0.4) is 0 Å². The molecular weight excluding hydrogens is 229 g/mol. The third kappa shape index (κ3) is 1.94. The van der Waals surface area contributed by atoms with Crippen molar-refractivity contribution in [1.29, 1.82) is 0 Å². The van der Waals surface area contributed by atoms with E-state index in [1.165, 1.54) is 17.3 Å². The van der Waals surface area contributed by atoms with Gasteiger partial charge in [0.05, 0.1) is 0 Å². The van der Waals surface area contributed by atoms with Gasteiger partial charge in [-0.15, -0.1) is 15.3 Å². The molecule has 0 saturated heterocycles. The van der Waals surface area contributed by atoms with Crippen LogP contribution in [-0.4, -0.2) is 29.6 Å². The summed E-state index contributed by atoms with van der Waals surface area (Å²) in [6.45, 7) is 0.330. The molecule has 2 aromatic rings. The van der Waals surface area contributed by atoms with Crippen LogP contribution in [0.4, 0.5) is 0 Å². The summed E-state index contributed by atoms with van der Waals surface area (Å²) >= 11 is 11.2. The molecule has 0 saturated carbocycles. The Morgan fingerprint density at radius 2 is 2.00 bits per heavy atom. The second-order valence-corrected chi connectivity index (χ2v) is 3.01. The average Bonchev–Trinajstić information content (AvgIpc) is 2.72. The largest absolute Gasteiger partial charge is 0.302 e. The summed E-state index contributed by atoms with van der Waals surface area (Å²) in [6, 6.07) is 0. The van der Waals surface area contributed by atoms with Crippen molar-refractivity contribution in [3.05, 3.63) is 23.2 Å². The second kappa shape index (κ2) is 3.81. The molecule has 2 aromatic heterocycles. The highest BCUT2D eigenvalue weighted by molar-refractivity contribution is 6.31. The Kier molecular flexibility index (Phi) is 2.51. The van der Waals surface area contributed by atoms with Gasteiger partial charge in [-0.05, 0) is 23.2 Å². The molecule has 2 rings (SSSR count). The Morgan fingerprint density at radius 1 is 1.29 bits per heavy atom. The van der Waals surface area contributed by atoms with Crippen LogP contribution >= 0.6 is 23.2 Å². The summed E-state index contributed by atoms with van der Waals surface area (Å²) in [4.78, 5) is 3.71. The van der Waals surface area contributed by atoms with Crippen molar-refractivity contribution in [2.24, 2.45) is 0 Å². The van der Waals surface area contributed by atoms with E-state index < -0.39 is 0 Å². The van der Waals surface area contributed by atoms with Crippen LogP contribution in [0.5, 0.6) is 0 Å². The first-order valence-corrected chi connectivity index (χ1v) is 4.35. The highest BCUT2D eigenvalue weighted by Gasteiger charge is 2.04. The summed E-state index contributed by atoms with van der Waals surface area (Å²) in [5.74, 6) is 0. The molecule has 0 bridgehead atoms. The molecule has 1 N–H and O–H groups in total. The van der Waals surface area contributed by atoms with Gasteiger partial charge in [-0.2, -0.15) is 4.98 Å². The topological polar surface area (TPSA) is 73.5 Å². The van der Waals surface area contributed by atoms with E-state index in [0.717, 1.165) is 0 Å². The van der Waals surface area contributed by atoms with Gasteiger partial charge in [-0.1, -0.05) is 0 Å². The van der Waals surface area contributed by atoms with E-state index in [4.69, 9.17) is 23.2 Å². The first-order chi connectivity index (χ1) is 6.75. The zero-order valence-corrected chi connectivity index (χ0v) is 8.31. The lowest BCUT2D eigenvalue weighted by atomic mass is 11.0. The van der Waals surface area contributed by atoms with Crippen LogP contribution < -0.4 is 5.43 Å². The molecule has 0 atom stereocenters. The van der Waals surface area contributed by atoms with Crippen molar-refractivity contribution >= 4 is 23.2 Å². The van der Waals surface area contributed by atoms with Gasteiger partial charge in [-0.25, -0.2) is 9.36 Å². The van der Waals surface area contributed by atoms with E-state index in [0.29, 0.717) is 6.67 Å². The van der Waals surface area contributed by atoms with Crippen molar-refractivity contribution in [1.82, 2.24) is 29.6 Å². The van der Waals surface area contributed by atoms with Crippen molar-refractivity contribution in [2.75, 3.05) is 5.43 Å². The number of nitrogens with one attached hydrogen (secondary N) is 1. The van der Waals surface area contributed by atoms with Gasteiger partial charge in [-0.3, -0.25) is 0 Å². The van der Waals surface area contributed by atoms with Gasteiger partial charge in [0.25, 0.3) is 0 Å². The fourth-order valence-electron chi connectivity index (χ4n) is 0.829. The van der Waals surface area contributed by atoms with Crippen LogP contribution in [0.25, 0.3) is 0 Å².